The van der Waals surface area contributed by atoms with Crippen molar-refractivity contribution in [3.8, 4) is 33.8 Å². The van der Waals surface area contributed by atoms with E-state index in [9.17, 15) is 0 Å². The number of fused-ring (bicyclic) bond motifs is 2. The molecule has 0 unspecified atom stereocenters. The van der Waals surface area contributed by atoms with Crippen molar-refractivity contribution >= 4 is 27.8 Å². The van der Waals surface area contributed by atoms with Gasteiger partial charge in [-0.1, -0.05) is 38.3 Å². The molecule has 200 valence electrons. The summed E-state index contributed by atoms with van der Waals surface area (Å²) in [6, 6.07) is 12.9. The quantitative estimate of drug-likeness (QED) is 0.203. The predicted molar refractivity (Wildman–Crippen MR) is 160 cm³/mol. The normalized spacial score (nSPS) is 14.2. The van der Waals surface area contributed by atoms with Crippen LogP contribution in [0.2, 0.25) is 0 Å². The van der Waals surface area contributed by atoms with E-state index < -0.39 is 0 Å². The first-order valence-corrected chi connectivity index (χ1v) is 14.2. The van der Waals surface area contributed by atoms with E-state index >= 15 is 0 Å². The first kappa shape index (κ1) is 24.5. The molecule has 0 bridgehead atoms. The Labute approximate surface area is 232 Å². The average Bonchev–Trinajstić information content (AvgIpc) is 3.64. The topological polar surface area (TPSA) is 108 Å². The molecular weight excluding hydrogens is 496 g/mol. The highest BCUT2D eigenvalue weighted by Gasteiger charge is 2.17. The number of imidazole rings is 1. The van der Waals surface area contributed by atoms with Crippen LogP contribution in [0.25, 0.3) is 55.8 Å². The largest absolute Gasteiger partial charge is 0.385 e. The lowest BCUT2D eigenvalue weighted by molar-refractivity contribution is 0.373. The molecular formula is C32H32N8. The van der Waals surface area contributed by atoms with Gasteiger partial charge in [-0.25, -0.2) is 9.97 Å². The number of benzene rings is 1. The van der Waals surface area contributed by atoms with Crippen LogP contribution in [-0.4, -0.2) is 41.7 Å². The van der Waals surface area contributed by atoms with Gasteiger partial charge < -0.3 is 10.3 Å². The molecule has 0 radical (unpaired) electrons. The molecule has 1 aromatic carbocycles. The molecule has 8 heteroatoms. The van der Waals surface area contributed by atoms with E-state index in [1.54, 1.807) is 12.4 Å². The van der Waals surface area contributed by atoms with Gasteiger partial charge >= 0.3 is 0 Å². The maximum absolute atomic E-state index is 4.96. The fourth-order valence-corrected chi connectivity index (χ4v) is 5.84. The monoisotopic (exact) mass is 528 g/mol. The molecule has 3 N–H and O–H groups in total. The second-order valence-corrected chi connectivity index (χ2v) is 10.8. The van der Waals surface area contributed by atoms with Gasteiger partial charge in [-0.3, -0.25) is 15.1 Å². The third-order valence-corrected chi connectivity index (χ3v) is 8.07. The summed E-state index contributed by atoms with van der Waals surface area (Å²) < 4.78 is 0. The van der Waals surface area contributed by atoms with Crippen molar-refractivity contribution < 1.29 is 0 Å². The highest BCUT2D eigenvalue weighted by atomic mass is 15.2. The highest BCUT2D eigenvalue weighted by molar-refractivity contribution is 5.96. The molecule has 1 saturated carbocycles. The van der Waals surface area contributed by atoms with Gasteiger partial charge in [0.05, 0.1) is 17.1 Å². The van der Waals surface area contributed by atoms with Crippen molar-refractivity contribution in [3.63, 3.8) is 0 Å². The Morgan fingerprint density at radius 3 is 2.70 bits per heavy atom. The third kappa shape index (κ3) is 4.70. The molecule has 0 spiro atoms. The number of aromatic amines is 2. The summed E-state index contributed by atoms with van der Waals surface area (Å²) in [5, 5.41) is 12.3. The zero-order valence-electron chi connectivity index (χ0n) is 22.6. The lowest BCUT2D eigenvalue weighted by Crippen LogP contribution is -2.17. The number of hydrogen-bond acceptors (Lipinski definition) is 6. The molecule has 40 heavy (non-hydrogen) atoms. The minimum Gasteiger partial charge on any atom is -0.385 e. The number of nitrogens with zero attached hydrogens (tertiary/aromatic N) is 5. The summed E-state index contributed by atoms with van der Waals surface area (Å²) >= 11 is 0. The van der Waals surface area contributed by atoms with Gasteiger partial charge in [0.2, 0.25) is 0 Å². The molecule has 5 heterocycles. The van der Waals surface area contributed by atoms with Gasteiger partial charge in [-0.2, -0.15) is 5.10 Å². The van der Waals surface area contributed by atoms with Gasteiger partial charge in [0.25, 0.3) is 0 Å². The standard InChI is InChI=1S/C32H32N8/c1-2-20-11-23(13-25(12-20)35-15-21-7-4-3-5-8-21)24-14-26-30(39-40-31(26)36-17-24)32-37-28-19-34-18-27(29(28)38-32)22-9-6-10-33-16-22/h6,9-14,16-19,21,35H,2-5,7-8,15H2,1H3,(H,37,38)(H,36,39,40). The molecule has 0 amide bonds. The summed E-state index contributed by atoms with van der Waals surface area (Å²) in [6.45, 7) is 3.24. The van der Waals surface area contributed by atoms with Crippen molar-refractivity contribution in [1.29, 1.82) is 0 Å². The number of hydrogen-bond donors (Lipinski definition) is 3. The van der Waals surface area contributed by atoms with Crippen LogP contribution >= 0.6 is 0 Å². The fraction of sp³-hybridized carbons (Fsp3) is 0.281. The second-order valence-electron chi connectivity index (χ2n) is 10.8. The molecule has 6 aromatic rings. The first-order chi connectivity index (χ1) is 19.7. The van der Waals surface area contributed by atoms with Crippen LogP contribution in [-0.2, 0) is 6.42 Å². The summed E-state index contributed by atoms with van der Waals surface area (Å²) in [6.07, 6.45) is 16.9. The molecule has 7 rings (SSSR count). The summed E-state index contributed by atoms with van der Waals surface area (Å²) in [5.74, 6) is 1.47. The molecule has 8 nitrogen and oxygen atoms in total. The average molecular weight is 529 g/mol. The summed E-state index contributed by atoms with van der Waals surface area (Å²) in [7, 11) is 0. The number of aromatic nitrogens is 7. The second kappa shape index (κ2) is 10.5. The zero-order chi connectivity index (χ0) is 26.9. The number of aryl methyl sites for hydroxylation is 1. The Bertz CT molecular complexity index is 1780. The van der Waals surface area contributed by atoms with Crippen molar-refractivity contribution in [2.45, 2.75) is 45.4 Å². The Morgan fingerprint density at radius 2 is 1.85 bits per heavy atom. The van der Waals surface area contributed by atoms with E-state index in [4.69, 9.17) is 9.97 Å². The highest BCUT2D eigenvalue weighted by Crippen LogP contribution is 2.33. The van der Waals surface area contributed by atoms with Gasteiger partial charge in [0.1, 0.15) is 11.2 Å². The van der Waals surface area contributed by atoms with E-state index in [0.717, 1.165) is 63.3 Å². The van der Waals surface area contributed by atoms with E-state index in [1.807, 2.05) is 30.7 Å². The van der Waals surface area contributed by atoms with E-state index in [-0.39, 0.29) is 0 Å². The predicted octanol–water partition coefficient (Wildman–Crippen LogP) is 7.18. The van der Waals surface area contributed by atoms with Crippen LogP contribution in [0.1, 0.15) is 44.6 Å². The number of rotatable bonds is 7. The van der Waals surface area contributed by atoms with Crippen molar-refractivity contribution in [1.82, 2.24) is 35.1 Å². The van der Waals surface area contributed by atoms with Crippen LogP contribution in [0.5, 0.6) is 0 Å². The number of anilines is 1. The maximum Gasteiger partial charge on any atom is 0.181 e. The minimum absolute atomic E-state index is 0.659. The summed E-state index contributed by atoms with van der Waals surface area (Å²) in [5.41, 5.74) is 9.76. The van der Waals surface area contributed by atoms with Crippen LogP contribution < -0.4 is 5.32 Å². The molecule has 1 aliphatic rings. The first-order valence-electron chi connectivity index (χ1n) is 14.2. The molecule has 1 aliphatic carbocycles. The van der Waals surface area contributed by atoms with Crippen LogP contribution in [0.15, 0.2) is 67.4 Å². The van der Waals surface area contributed by atoms with Crippen molar-refractivity contribution in [2.24, 2.45) is 5.92 Å². The SMILES string of the molecule is CCc1cc(NCC2CCCCC2)cc(-c2cnc3n[nH]c(-c4nc5c(-c6cccnc6)cncc5[nH]4)c3c2)c1. The van der Waals surface area contributed by atoms with Gasteiger partial charge in [0.15, 0.2) is 11.5 Å². The summed E-state index contributed by atoms with van der Waals surface area (Å²) in [4.78, 5) is 21.8. The van der Waals surface area contributed by atoms with Gasteiger partial charge in [-0.05, 0) is 60.6 Å². The van der Waals surface area contributed by atoms with Crippen LogP contribution in [0.4, 0.5) is 5.69 Å². The lowest BCUT2D eigenvalue weighted by Gasteiger charge is -2.22. The minimum atomic E-state index is 0.659. The number of pyridine rings is 3. The van der Waals surface area contributed by atoms with E-state index in [2.05, 4.69) is 61.7 Å². The van der Waals surface area contributed by atoms with Crippen LogP contribution in [0.3, 0.4) is 0 Å². The fourth-order valence-electron chi connectivity index (χ4n) is 5.84. The third-order valence-electron chi connectivity index (χ3n) is 8.07. The van der Waals surface area contributed by atoms with E-state index in [0.29, 0.717) is 11.5 Å². The van der Waals surface area contributed by atoms with Crippen molar-refractivity contribution in [2.75, 3.05) is 11.9 Å². The van der Waals surface area contributed by atoms with Gasteiger partial charge in [-0.15, -0.1) is 0 Å². The number of nitrogens with one attached hydrogen (secondary N) is 3. The molecule has 0 atom stereocenters. The Morgan fingerprint density at radius 1 is 0.925 bits per heavy atom. The maximum atomic E-state index is 4.96. The smallest absolute Gasteiger partial charge is 0.181 e. The van der Waals surface area contributed by atoms with E-state index in [1.165, 1.54) is 43.4 Å². The Balaban J connectivity index is 1.24. The molecule has 0 aliphatic heterocycles. The molecule has 1 fully saturated rings. The zero-order valence-corrected chi connectivity index (χ0v) is 22.6. The molecule has 5 aromatic heterocycles. The van der Waals surface area contributed by atoms with Gasteiger partial charge in [0, 0.05) is 53.7 Å². The Kier molecular flexibility index (Phi) is 6.43. The lowest BCUT2D eigenvalue weighted by atomic mass is 9.89. The van der Waals surface area contributed by atoms with Crippen molar-refractivity contribution in [3.05, 3.63) is 72.9 Å². The van der Waals surface area contributed by atoms with Crippen LogP contribution in [0, 0.1) is 5.92 Å². The molecule has 0 saturated heterocycles. The number of H-pyrrole nitrogens is 2. The Hall–Kier alpha value is -4.59.